The van der Waals surface area contributed by atoms with E-state index in [1.165, 1.54) is 11.1 Å². The van der Waals surface area contributed by atoms with E-state index in [-0.39, 0.29) is 5.91 Å². The van der Waals surface area contributed by atoms with Gasteiger partial charge in [0.2, 0.25) is 0 Å². The van der Waals surface area contributed by atoms with Gasteiger partial charge in [-0.15, -0.1) is 5.10 Å². The Bertz CT molecular complexity index is 835. The van der Waals surface area contributed by atoms with E-state index in [4.69, 9.17) is 0 Å². The standard InChI is InChI=1S/C20H22N4O/c1-3-15-5-7-17(8-6-15)13-21-20(25)19-14-24(23-22-19)18-11-9-16(4-2)10-12-18/h5-12,14H,3-4,13H2,1-2H3,(H,21,25). The summed E-state index contributed by atoms with van der Waals surface area (Å²) in [5, 5.41) is 10.9. The zero-order valence-electron chi connectivity index (χ0n) is 14.6. The summed E-state index contributed by atoms with van der Waals surface area (Å²) in [4.78, 5) is 12.3. The highest BCUT2D eigenvalue weighted by molar-refractivity contribution is 5.91. The Morgan fingerprint density at radius 2 is 1.48 bits per heavy atom. The molecule has 0 atom stereocenters. The van der Waals surface area contributed by atoms with Gasteiger partial charge in [-0.1, -0.05) is 55.5 Å². The fraction of sp³-hybridized carbons (Fsp3) is 0.250. The summed E-state index contributed by atoms with van der Waals surface area (Å²) in [5.41, 5.74) is 4.81. The molecule has 0 radical (unpaired) electrons. The summed E-state index contributed by atoms with van der Waals surface area (Å²) in [7, 11) is 0. The van der Waals surface area contributed by atoms with Crippen LogP contribution >= 0.6 is 0 Å². The second-order valence-corrected chi connectivity index (χ2v) is 5.92. The van der Waals surface area contributed by atoms with Crippen LogP contribution in [-0.4, -0.2) is 20.9 Å². The smallest absolute Gasteiger partial charge is 0.273 e. The molecule has 0 saturated heterocycles. The number of rotatable bonds is 6. The molecule has 25 heavy (non-hydrogen) atoms. The highest BCUT2D eigenvalue weighted by atomic mass is 16.2. The minimum atomic E-state index is -0.226. The normalized spacial score (nSPS) is 10.6. The van der Waals surface area contributed by atoms with Gasteiger partial charge in [-0.3, -0.25) is 4.79 Å². The number of aromatic nitrogens is 3. The van der Waals surface area contributed by atoms with Crippen LogP contribution in [0, 0.1) is 0 Å². The maximum atomic E-state index is 12.3. The second kappa shape index (κ2) is 7.75. The average molecular weight is 334 g/mol. The van der Waals surface area contributed by atoms with E-state index in [2.05, 4.69) is 53.7 Å². The lowest BCUT2D eigenvalue weighted by molar-refractivity contribution is 0.0946. The molecule has 0 unspecified atom stereocenters. The van der Waals surface area contributed by atoms with Gasteiger partial charge in [0.05, 0.1) is 11.9 Å². The molecule has 0 aliphatic rings. The summed E-state index contributed by atoms with van der Waals surface area (Å²) in [6.45, 7) is 4.71. The van der Waals surface area contributed by atoms with Crippen molar-refractivity contribution in [3.05, 3.63) is 77.1 Å². The number of benzene rings is 2. The fourth-order valence-electron chi connectivity index (χ4n) is 2.54. The van der Waals surface area contributed by atoms with Crippen LogP contribution in [0.15, 0.2) is 54.7 Å². The van der Waals surface area contributed by atoms with E-state index in [1.54, 1.807) is 10.9 Å². The number of carbonyl (C=O) groups excluding carboxylic acids is 1. The van der Waals surface area contributed by atoms with Crippen molar-refractivity contribution in [3.8, 4) is 5.69 Å². The Morgan fingerprint density at radius 1 is 0.920 bits per heavy atom. The largest absolute Gasteiger partial charge is 0.347 e. The second-order valence-electron chi connectivity index (χ2n) is 5.92. The highest BCUT2D eigenvalue weighted by Crippen LogP contribution is 2.10. The number of nitrogens with zero attached hydrogens (tertiary/aromatic N) is 3. The van der Waals surface area contributed by atoms with Crippen molar-refractivity contribution in [2.75, 3.05) is 0 Å². The zero-order valence-corrected chi connectivity index (χ0v) is 14.6. The molecular weight excluding hydrogens is 312 g/mol. The van der Waals surface area contributed by atoms with E-state index in [0.29, 0.717) is 12.2 Å². The first-order valence-electron chi connectivity index (χ1n) is 8.57. The molecule has 0 bridgehead atoms. The van der Waals surface area contributed by atoms with Crippen molar-refractivity contribution in [1.29, 1.82) is 0 Å². The zero-order chi connectivity index (χ0) is 17.6. The molecule has 2 aromatic carbocycles. The number of hydrogen-bond donors (Lipinski definition) is 1. The van der Waals surface area contributed by atoms with Gasteiger partial charge in [0, 0.05) is 6.54 Å². The lowest BCUT2D eigenvalue weighted by atomic mass is 10.1. The van der Waals surface area contributed by atoms with Crippen LogP contribution in [0.4, 0.5) is 0 Å². The monoisotopic (exact) mass is 334 g/mol. The van der Waals surface area contributed by atoms with Crippen molar-refractivity contribution in [1.82, 2.24) is 20.3 Å². The van der Waals surface area contributed by atoms with E-state index in [1.807, 2.05) is 24.3 Å². The third-order valence-corrected chi connectivity index (χ3v) is 4.22. The molecule has 0 saturated carbocycles. The lowest BCUT2D eigenvalue weighted by Crippen LogP contribution is -2.23. The van der Waals surface area contributed by atoms with Gasteiger partial charge in [-0.2, -0.15) is 0 Å². The molecule has 1 aromatic heterocycles. The molecule has 1 amide bonds. The topological polar surface area (TPSA) is 59.8 Å². The van der Waals surface area contributed by atoms with Crippen LogP contribution in [0.25, 0.3) is 5.69 Å². The van der Waals surface area contributed by atoms with Gasteiger partial charge in [0.1, 0.15) is 0 Å². The Labute approximate surface area is 147 Å². The Kier molecular flexibility index (Phi) is 5.23. The van der Waals surface area contributed by atoms with Crippen LogP contribution in [0.5, 0.6) is 0 Å². The van der Waals surface area contributed by atoms with Crippen molar-refractivity contribution in [3.63, 3.8) is 0 Å². The summed E-state index contributed by atoms with van der Waals surface area (Å²) in [5.74, 6) is -0.226. The lowest BCUT2D eigenvalue weighted by Gasteiger charge is -2.04. The summed E-state index contributed by atoms with van der Waals surface area (Å²) in [6.07, 6.45) is 3.65. The van der Waals surface area contributed by atoms with Crippen molar-refractivity contribution in [2.24, 2.45) is 0 Å². The molecule has 0 aliphatic carbocycles. The van der Waals surface area contributed by atoms with Crippen LogP contribution in [0.1, 0.15) is 41.0 Å². The number of amides is 1. The minimum Gasteiger partial charge on any atom is -0.347 e. The van der Waals surface area contributed by atoms with Crippen LogP contribution in [-0.2, 0) is 19.4 Å². The van der Waals surface area contributed by atoms with E-state index in [9.17, 15) is 4.79 Å². The van der Waals surface area contributed by atoms with Crippen molar-refractivity contribution < 1.29 is 4.79 Å². The van der Waals surface area contributed by atoms with E-state index >= 15 is 0 Å². The maximum Gasteiger partial charge on any atom is 0.273 e. The summed E-state index contributed by atoms with van der Waals surface area (Å²) < 4.78 is 1.62. The third-order valence-electron chi connectivity index (χ3n) is 4.22. The van der Waals surface area contributed by atoms with Crippen molar-refractivity contribution >= 4 is 5.91 Å². The van der Waals surface area contributed by atoms with Crippen LogP contribution < -0.4 is 5.32 Å². The summed E-state index contributed by atoms with van der Waals surface area (Å²) >= 11 is 0. The molecule has 3 aromatic rings. The van der Waals surface area contributed by atoms with E-state index in [0.717, 1.165) is 24.1 Å². The molecule has 1 N–H and O–H groups in total. The Morgan fingerprint density at radius 3 is 2.08 bits per heavy atom. The first-order chi connectivity index (χ1) is 12.2. The predicted molar refractivity (Wildman–Crippen MR) is 97.7 cm³/mol. The van der Waals surface area contributed by atoms with Gasteiger partial charge in [0.25, 0.3) is 5.91 Å². The minimum absolute atomic E-state index is 0.226. The molecule has 0 aliphatic heterocycles. The number of nitrogens with one attached hydrogen (secondary N) is 1. The molecule has 0 spiro atoms. The van der Waals surface area contributed by atoms with Gasteiger partial charge in [-0.05, 0) is 41.7 Å². The van der Waals surface area contributed by atoms with Gasteiger partial charge < -0.3 is 5.32 Å². The third kappa shape index (κ3) is 4.12. The first kappa shape index (κ1) is 16.9. The highest BCUT2D eigenvalue weighted by Gasteiger charge is 2.11. The number of aryl methyl sites for hydroxylation is 2. The molecule has 5 heteroatoms. The number of hydrogen-bond acceptors (Lipinski definition) is 3. The molecule has 3 rings (SSSR count). The summed E-state index contributed by atoms with van der Waals surface area (Å²) in [6, 6.07) is 16.3. The molecule has 5 nitrogen and oxygen atoms in total. The fourth-order valence-corrected chi connectivity index (χ4v) is 2.54. The van der Waals surface area contributed by atoms with Gasteiger partial charge in [-0.25, -0.2) is 4.68 Å². The molecule has 1 heterocycles. The van der Waals surface area contributed by atoms with Crippen molar-refractivity contribution in [2.45, 2.75) is 33.2 Å². The molecule has 128 valence electrons. The Balaban J connectivity index is 1.63. The first-order valence-corrected chi connectivity index (χ1v) is 8.57. The molecular formula is C20H22N4O. The van der Waals surface area contributed by atoms with Gasteiger partial charge >= 0.3 is 0 Å². The average Bonchev–Trinajstić information content (AvgIpc) is 3.17. The van der Waals surface area contributed by atoms with Crippen LogP contribution in [0.2, 0.25) is 0 Å². The quantitative estimate of drug-likeness (QED) is 0.752. The molecule has 0 fully saturated rings. The maximum absolute atomic E-state index is 12.3. The predicted octanol–water partition coefficient (Wildman–Crippen LogP) is 3.32. The van der Waals surface area contributed by atoms with E-state index < -0.39 is 0 Å². The van der Waals surface area contributed by atoms with Crippen LogP contribution in [0.3, 0.4) is 0 Å². The number of carbonyl (C=O) groups is 1. The Hall–Kier alpha value is -2.95. The van der Waals surface area contributed by atoms with Gasteiger partial charge in [0.15, 0.2) is 5.69 Å². The SMILES string of the molecule is CCc1ccc(CNC(=O)c2cn(-c3ccc(CC)cc3)nn2)cc1.